The summed E-state index contributed by atoms with van der Waals surface area (Å²) in [5.41, 5.74) is 1.50. The van der Waals surface area contributed by atoms with Gasteiger partial charge < -0.3 is 23.8 Å². The van der Waals surface area contributed by atoms with Gasteiger partial charge >= 0.3 is 5.97 Å². The normalized spacial score (nSPS) is 27.0. The van der Waals surface area contributed by atoms with Crippen LogP contribution in [0.1, 0.15) is 42.1 Å². The van der Waals surface area contributed by atoms with Gasteiger partial charge in [0.2, 0.25) is 0 Å². The molecule has 1 amide bonds. The first-order chi connectivity index (χ1) is 16.5. The molecule has 4 rings (SSSR count). The molecule has 0 radical (unpaired) electrons. The number of hydrogen-bond donors (Lipinski definition) is 0. The highest BCUT2D eigenvalue weighted by Crippen LogP contribution is 2.42. The second-order valence-corrected chi connectivity index (χ2v) is 9.54. The molecule has 4 atom stereocenters. The van der Waals surface area contributed by atoms with Gasteiger partial charge in [-0.05, 0) is 36.2 Å². The molecule has 0 bridgehead atoms. The van der Waals surface area contributed by atoms with Crippen molar-refractivity contribution in [1.29, 1.82) is 0 Å². The van der Waals surface area contributed by atoms with Crippen LogP contribution in [0.15, 0.2) is 54.6 Å². The summed E-state index contributed by atoms with van der Waals surface area (Å²) < 4.78 is 23.7. The van der Waals surface area contributed by atoms with Crippen molar-refractivity contribution < 1.29 is 28.5 Å². The summed E-state index contributed by atoms with van der Waals surface area (Å²) in [5.74, 6) is -0.121. The third-order valence-electron chi connectivity index (χ3n) is 6.48. The maximum atomic E-state index is 12.9. The largest absolute Gasteiger partial charge is 0.497 e. The summed E-state index contributed by atoms with van der Waals surface area (Å²) in [4.78, 5) is 27.4. The van der Waals surface area contributed by atoms with Gasteiger partial charge in [-0.3, -0.25) is 4.79 Å². The highest BCUT2D eigenvalue weighted by atomic mass is 32.2. The molecule has 0 aromatic heterocycles. The van der Waals surface area contributed by atoms with Gasteiger partial charge in [0.05, 0.1) is 24.8 Å². The number of thioether (sulfide) groups is 1. The molecule has 2 heterocycles. The molecular weight excluding hydrogens is 454 g/mol. The minimum atomic E-state index is -1.06. The maximum Gasteiger partial charge on any atom is 0.338 e. The number of rotatable bonds is 8. The number of carbonyl (C=O) groups excluding carboxylic acids is 2. The number of hydrogen-bond acceptors (Lipinski definition) is 7. The number of benzene rings is 2. The Hall–Kier alpha value is -2.55. The van der Waals surface area contributed by atoms with Crippen molar-refractivity contribution in [2.75, 3.05) is 20.0 Å². The van der Waals surface area contributed by atoms with E-state index in [9.17, 15) is 9.59 Å². The zero-order valence-corrected chi connectivity index (χ0v) is 20.6. The lowest BCUT2D eigenvalue weighted by Crippen LogP contribution is -2.60. The average molecular weight is 486 g/mol. The Bertz CT molecular complexity index is 985. The summed E-state index contributed by atoms with van der Waals surface area (Å²) in [6.45, 7) is 2.47. The van der Waals surface area contributed by atoms with E-state index in [1.807, 2.05) is 54.3 Å². The lowest BCUT2D eigenvalue weighted by atomic mass is 9.91. The van der Waals surface area contributed by atoms with E-state index in [0.29, 0.717) is 30.7 Å². The summed E-state index contributed by atoms with van der Waals surface area (Å²) in [5, 5.41) is -0.0164. The Morgan fingerprint density at radius 3 is 2.53 bits per heavy atom. The summed E-state index contributed by atoms with van der Waals surface area (Å²) >= 11 is 1.26. The van der Waals surface area contributed by atoms with Crippen LogP contribution in [-0.4, -0.2) is 60.1 Å². The zero-order chi connectivity index (χ0) is 24.1. The van der Waals surface area contributed by atoms with Crippen LogP contribution >= 0.6 is 11.8 Å². The first-order valence-electron chi connectivity index (χ1n) is 11.5. The van der Waals surface area contributed by atoms with Crippen LogP contribution in [0.2, 0.25) is 0 Å². The topological polar surface area (TPSA) is 74.3 Å². The molecule has 0 N–H and O–H groups in total. The molecule has 8 heteroatoms. The predicted octanol–water partition coefficient (Wildman–Crippen LogP) is 4.89. The van der Waals surface area contributed by atoms with Gasteiger partial charge in [-0.15, -0.1) is 0 Å². The average Bonchev–Trinajstić information content (AvgIpc) is 3.25. The minimum Gasteiger partial charge on any atom is -0.497 e. The second kappa shape index (κ2) is 10.8. The van der Waals surface area contributed by atoms with Gasteiger partial charge in [-0.25, -0.2) is 4.79 Å². The Morgan fingerprint density at radius 1 is 1.15 bits per heavy atom. The molecule has 34 heavy (non-hydrogen) atoms. The van der Waals surface area contributed by atoms with Crippen molar-refractivity contribution in [3.8, 4) is 5.75 Å². The van der Waals surface area contributed by atoms with Crippen molar-refractivity contribution in [2.45, 2.75) is 56.8 Å². The van der Waals surface area contributed by atoms with E-state index in [2.05, 4.69) is 0 Å². The SMILES string of the molecule is CC[C@@H]1C[C@@H](OC(=O)c2ccccc2)C[C@](OC)([C@@H]2CSC(=O)N2Cc2ccc(OC)cc2)O1. The third-order valence-corrected chi connectivity index (χ3v) is 7.45. The zero-order valence-electron chi connectivity index (χ0n) is 19.8. The maximum absolute atomic E-state index is 12.9. The molecule has 2 saturated heterocycles. The molecule has 0 aliphatic carbocycles. The number of amides is 1. The summed E-state index contributed by atoms with van der Waals surface area (Å²) in [7, 11) is 3.23. The van der Waals surface area contributed by atoms with Crippen molar-refractivity contribution in [2.24, 2.45) is 0 Å². The molecule has 7 nitrogen and oxygen atoms in total. The molecule has 2 aliphatic rings. The number of esters is 1. The Labute approximate surface area is 204 Å². The van der Waals surface area contributed by atoms with Crippen LogP contribution in [0.5, 0.6) is 5.75 Å². The van der Waals surface area contributed by atoms with Gasteiger partial charge in [0.25, 0.3) is 5.24 Å². The van der Waals surface area contributed by atoms with Crippen LogP contribution in [0.3, 0.4) is 0 Å². The van der Waals surface area contributed by atoms with Gasteiger partial charge in [0.15, 0.2) is 5.79 Å². The van der Waals surface area contributed by atoms with E-state index >= 15 is 0 Å². The summed E-state index contributed by atoms with van der Waals surface area (Å²) in [6.07, 6.45) is 1.17. The van der Waals surface area contributed by atoms with Gasteiger partial charge in [-0.1, -0.05) is 49.0 Å². The van der Waals surface area contributed by atoms with E-state index in [1.54, 1.807) is 26.4 Å². The van der Waals surface area contributed by atoms with Gasteiger partial charge in [-0.2, -0.15) is 0 Å². The molecule has 2 fully saturated rings. The molecule has 0 saturated carbocycles. The summed E-state index contributed by atoms with van der Waals surface area (Å²) in [6, 6.07) is 16.3. The lowest BCUT2D eigenvalue weighted by molar-refractivity contribution is -0.303. The number of ether oxygens (including phenoxy) is 4. The Balaban J connectivity index is 1.55. The van der Waals surface area contributed by atoms with Crippen molar-refractivity contribution in [3.05, 3.63) is 65.7 Å². The smallest absolute Gasteiger partial charge is 0.338 e. The van der Waals surface area contributed by atoms with Crippen LogP contribution in [0.4, 0.5) is 4.79 Å². The molecule has 2 aromatic carbocycles. The van der Waals surface area contributed by atoms with Crippen molar-refractivity contribution >= 4 is 23.0 Å². The van der Waals surface area contributed by atoms with E-state index in [-0.39, 0.29) is 29.5 Å². The quantitative estimate of drug-likeness (QED) is 0.493. The number of methoxy groups -OCH3 is 2. The van der Waals surface area contributed by atoms with Crippen molar-refractivity contribution in [1.82, 2.24) is 4.90 Å². The van der Waals surface area contributed by atoms with Crippen LogP contribution in [0, 0.1) is 0 Å². The molecule has 0 unspecified atom stereocenters. The van der Waals surface area contributed by atoms with E-state index in [4.69, 9.17) is 18.9 Å². The second-order valence-electron chi connectivity index (χ2n) is 8.57. The fourth-order valence-electron chi connectivity index (χ4n) is 4.60. The predicted molar refractivity (Wildman–Crippen MR) is 130 cm³/mol. The third kappa shape index (κ3) is 5.24. The fourth-order valence-corrected chi connectivity index (χ4v) is 5.70. The molecule has 0 spiro atoms. The number of carbonyl (C=O) groups is 2. The first kappa shape index (κ1) is 24.6. The lowest BCUT2D eigenvalue weighted by Gasteiger charge is -2.48. The van der Waals surface area contributed by atoms with Crippen LogP contribution < -0.4 is 4.74 Å². The molecule has 2 aromatic rings. The van der Waals surface area contributed by atoms with E-state index in [1.165, 1.54) is 11.8 Å². The van der Waals surface area contributed by atoms with E-state index < -0.39 is 5.79 Å². The highest BCUT2D eigenvalue weighted by Gasteiger charge is 2.54. The molecule has 2 aliphatic heterocycles. The van der Waals surface area contributed by atoms with Crippen molar-refractivity contribution in [3.63, 3.8) is 0 Å². The number of nitrogens with zero attached hydrogens (tertiary/aromatic N) is 1. The molecular formula is C26H31NO6S. The monoisotopic (exact) mass is 485 g/mol. The van der Waals surface area contributed by atoms with E-state index in [0.717, 1.165) is 17.7 Å². The van der Waals surface area contributed by atoms with Gasteiger partial charge in [0.1, 0.15) is 11.9 Å². The fraction of sp³-hybridized carbons (Fsp3) is 0.462. The first-order valence-corrected chi connectivity index (χ1v) is 12.5. The van der Waals surface area contributed by atoms with Gasteiger partial charge in [0, 0.05) is 32.2 Å². The Morgan fingerprint density at radius 2 is 1.88 bits per heavy atom. The highest BCUT2D eigenvalue weighted by molar-refractivity contribution is 8.13. The minimum absolute atomic E-state index is 0.0164. The standard InChI is InChI=1S/C26H31NO6S/c1-4-20-14-22(32-24(28)19-8-6-5-7-9-19)15-26(31-3,33-20)23-17-34-25(29)27(23)16-18-10-12-21(30-2)13-11-18/h5-13,20,22-23H,4,14-17H2,1-3H3/t20-,22-,23+,26-/m1/s1. The molecule has 182 valence electrons. The van der Waals surface area contributed by atoms with Crippen LogP contribution in [0.25, 0.3) is 0 Å². The van der Waals surface area contributed by atoms with Crippen LogP contribution in [-0.2, 0) is 20.8 Å². The Kier molecular flexibility index (Phi) is 7.80.